The lowest BCUT2D eigenvalue weighted by Gasteiger charge is -2.25. The van der Waals surface area contributed by atoms with Gasteiger partial charge in [-0.15, -0.1) is 0 Å². The van der Waals surface area contributed by atoms with Crippen molar-refractivity contribution in [3.8, 4) is 0 Å². The summed E-state index contributed by atoms with van der Waals surface area (Å²) in [5, 5.41) is 20.7. The Hall–Kier alpha value is -1.85. The highest BCUT2D eigenvalue weighted by atomic mass is 16.3. The Morgan fingerprint density at radius 1 is 1.38 bits per heavy atom. The highest BCUT2D eigenvalue weighted by Gasteiger charge is 2.18. The molecule has 1 aliphatic rings. The molecule has 5 nitrogen and oxygen atoms in total. The van der Waals surface area contributed by atoms with Crippen LogP contribution in [-0.2, 0) is 19.7 Å². The Balaban J connectivity index is 1.52. The van der Waals surface area contributed by atoms with Crippen LogP contribution in [0.5, 0.6) is 0 Å². The van der Waals surface area contributed by atoms with Gasteiger partial charge in [-0.2, -0.15) is 5.10 Å². The normalized spacial score (nSPS) is 17.3. The van der Waals surface area contributed by atoms with Crippen LogP contribution in [-0.4, -0.2) is 28.0 Å². The molecule has 3 N–H and O–H groups in total. The van der Waals surface area contributed by atoms with Crippen molar-refractivity contribution in [2.75, 3.05) is 18.4 Å². The first kappa shape index (κ1) is 14.1. The number of aliphatic hydroxyl groups is 1. The lowest BCUT2D eigenvalue weighted by Crippen LogP contribution is -2.35. The van der Waals surface area contributed by atoms with Crippen molar-refractivity contribution in [1.82, 2.24) is 15.1 Å². The third-order valence-electron chi connectivity index (χ3n) is 3.94. The molecular formula is C16H22N4O. The minimum atomic E-state index is 0.0960. The van der Waals surface area contributed by atoms with Gasteiger partial charge >= 0.3 is 0 Å². The number of aryl methyl sites for hydroxylation is 1. The van der Waals surface area contributed by atoms with Gasteiger partial charge in [0.05, 0.1) is 12.3 Å². The average molecular weight is 286 g/mol. The highest BCUT2D eigenvalue weighted by Crippen LogP contribution is 2.18. The summed E-state index contributed by atoms with van der Waals surface area (Å²) in [6.07, 6.45) is 0. The summed E-state index contributed by atoms with van der Waals surface area (Å²) in [5.74, 6) is 1.65. The SMILES string of the molecule is Cc1cc2n(n1)C[C@H](CNCc1ccccc1CO)CN2. The molecular weight excluding hydrogens is 264 g/mol. The zero-order valence-electron chi connectivity index (χ0n) is 12.3. The molecule has 0 aliphatic carbocycles. The first-order valence-corrected chi connectivity index (χ1v) is 7.43. The Morgan fingerprint density at radius 2 is 2.19 bits per heavy atom. The number of fused-ring (bicyclic) bond motifs is 1. The van der Waals surface area contributed by atoms with Crippen molar-refractivity contribution >= 4 is 5.82 Å². The Labute approximate surface area is 125 Å². The Bertz CT molecular complexity index is 608. The van der Waals surface area contributed by atoms with Gasteiger partial charge in [0.1, 0.15) is 5.82 Å². The van der Waals surface area contributed by atoms with Crippen LogP contribution in [0.15, 0.2) is 30.3 Å². The molecule has 21 heavy (non-hydrogen) atoms. The van der Waals surface area contributed by atoms with E-state index in [4.69, 9.17) is 0 Å². The summed E-state index contributed by atoms with van der Waals surface area (Å²) in [6, 6.07) is 10.1. The standard InChI is InChI=1S/C16H22N4O/c1-12-6-16-18-8-13(10-20(16)19-12)7-17-9-14-4-2-3-5-15(14)11-21/h2-6,13,17-18,21H,7-11H2,1H3/t13-/m1/s1. The summed E-state index contributed by atoms with van der Waals surface area (Å²) >= 11 is 0. The van der Waals surface area contributed by atoms with Gasteiger partial charge in [0.25, 0.3) is 0 Å². The number of hydrogen-bond acceptors (Lipinski definition) is 4. The first-order valence-electron chi connectivity index (χ1n) is 7.43. The predicted octanol–water partition coefficient (Wildman–Crippen LogP) is 1.52. The predicted molar refractivity (Wildman–Crippen MR) is 83.0 cm³/mol. The summed E-state index contributed by atoms with van der Waals surface area (Å²) in [4.78, 5) is 0. The fraction of sp³-hybridized carbons (Fsp3) is 0.438. The van der Waals surface area contributed by atoms with E-state index in [1.54, 1.807) is 0 Å². The molecule has 0 bridgehead atoms. The van der Waals surface area contributed by atoms with E-state index in [0.29, 0.717) is 5.92 Å². The second-order valence-corrected chi connectivity index (χ2v) is 5.66. The number of anilines is 1. The maximum Gasteiger partial charge on any atom is 0.124 e. The maximum absolute atomic E-state index is 9.33. The summed E-state index contributed by atoms with van der Waals surface area (Å²) < 4.78 is 2.05. The molecule has 0 spiro atoms. The number of nitrogens with one attached hydrogen (secondary N) is 2. The van der Waals surface area contributed by atoms with Crippen molar-refractivity contribution in [1.29, 1.82) is 0 Å². The van der Waals surface area contributed by atoms with E-state index in [-0.39, 0.29) is 6.61 Å². The third kappa shape index (κ3) is 3.25. The van der Waals surface area contributed by atoms with Crippen LogP contribution in [0.4, 0.5) is 5.82 Å². The van der Waals surface area contributed by atoms with Crippen molar-refractivity contribution in [2.45, 2.75) is 26.6 Å². The number of aromatic nitrogens is 2. The number of nitrogens with zero attached hydrogens (tertiary/aromatic N) is 2. The summed E-state index contributed by atoms with van der Waals surface area (Å²) in [5.41, 5.74) is 3.22. The first-order chi connectivity index (χ1) is 10.3. The van der Waals surface area contributed by atoms with Crippen molar-refractivity contribution in [3.05, 3.63) is 47.2 Å². The van der Waals surface area contributed by atoms with Crippen LogP contribution in [0.25, 0.3) is 0 Å². The van der Waals surface area contributed by atoms with E-state index in [1.165, 1.54) is 5.56 Å². The van der Waals surface area contributed by atoms with E-state index < -0.39 is 0 Å². The maximum atomic E-state index is 9.33. The van der Waals surface area contributed by atoms with Crippen LogP contribution in [0.2, 0.25) is 0 Å². The molecule has 1 aromatic carbocycles. The molecule has 0 saturated carbocycles. The van der Waals surface area contributed by atoms with Gasteiger partial charge in [-0.3, -0.25) is 0 Å². The third-order valence-corrected chi connectivity index (χ3v) is 3.94. The molecule has 112 valence electrons. The van der Waals surface area contributed by atoms with E-state index in [9.17, 15) is 5.11 Å². The second-order valence-electron chi connectivity index (χ2n) is 5.66. The van der Waals surface area contributed by atoms with Crippen molar-refractivity contribution in [2.24, 2.45) is 5.92 Å². The van der Waals surface area contributed by atoms with E-state index in [2.05, 4.69) is 27.9 Å². The van der Waals surface area contributed by atoms with Gasteiger partial charge < -0.3 is 15.7 Å². The monoisotopic (exact) mass is 286 g/mol. The molecule has 1 atom stereocenters. The molecule has 2 heterocycles. The summed E-state index contributed by atoms with van der Waals surface area (Å²) in [6.45, 7) is 5.76. The fourth-order valence-electron chi connectivity index (χ4n) is 2.82. The largest absolute Gasteiger partial charge is 0.392 e. The molecule has 1 aromatic heterocycles. The van der Waals surface area contributed by atoms with E-state index >= 15 is 0 Å². The van der Waals surface area contributed by atoms with Gasteiger partial charge in [-0.25, -0.2) is 4.68 Å². The molecule has 1 aliphatic heterocycles. The zero-order valence-corrected chi connectivity index (χ0v) is 12.3. The second kappa shape index (κ2) is 6.28. The lowest BCUT2D eigenvalue weighted by atomic mass is 10.1. The number of aliphatic hydroxyl groups excluding tert-OH is 1. The molecule has 0 unspecified atom stereocenters. The van der Waals surface area contributed by atoms with E-state index in [1.807, 2.05) is 29.8 Å². The Morgan fingerprint density at radius 3 is 3.00 bits per heavy atom. The minimum Gasteiger partial charge on any atom is -0.392 e. The zero-order chi connectivity index (χ0) is 14.7. The van der Waals surface area contributed by atoms with Gasteiger partial charge in [0, 0.05) is 38.2 Å². The molecule has 0 amide bonds. The molecule has 0 saturated heterocycles. The smallest absolute Gasteiger partial charge is 0.124 e. The number of rotatable bonds is 5. The molecule has 0 radical (unpaired) electrons. The molecule has 5 heteroatoms. The van der Waals surface area contributed by atoms with Gasteiger partial charge in [-0.05, 0) is 18.1 Å². The fourth-order valence-corrected chi connectivity index (χ4v) is 2.82. The number of hydrogen-bond donors (Lipinski definition) is 3. The van der Waals surface area contributed by atoms with Crippen LogP contribution in [0, 0.1) is 12.8 Å². The van der Waals surface area contributed by atoms with Crippen LogP contribution < -0.4 is 10.6 Å². The average Bonchev–Trinajstić information content (AvgIpc) is 2.87. The van der Waals surface area contributed by atoms with Crippen molar-refractivity contribution in [3.63, 3.8) is 0 Å². The molecule has 0 fully saturated rings. The van der Waals surface area contributed by atoms with Gasteiger partial charge in [0.15, 0.2) is 0 Å². The topological polar surface area (TPSA) is 62.1 Å². The minimum absolute atomic E-state index is 0.0960. The molecule has 3 rings (SSSR count). The quantitative estimate of drug-likeness (QED) is 0.780. The summed E-state index contributed by atoms with van der Waals surface area (Å²) in [7, 11) is 0. The lowest BCUT2D eigenvalue weighted by molar-refractivity contribution is 0.280. The van der Waals surface area contributed by atoms with E-state index in [0.717, 1.165) is 43.3 Å². The van der Waals surface area contributed by atoms with Gasteiger partial charge in [0.2, 0.25) is 0 Å². The van der Waals surface area contributed by atoms with Gasteiger partial charge in [-0.1, -0.05) is 24.3 Å². The van der Waals surface area contributed by atoms with Crippen LogP contribution >= 0.6 is 0 Å². The van der Waals surface area contributed by atoms with Crippen molar-refractivity contribution < 1.29 is 5.11 Å². The number of benzene rings is 1. The molecule has 2 aromatic rings. The van der Waals surface area contributed by atoms with Crippen LogP contribution in [0.3, 0.4) is 0 Å². The Kier molecular flexibility index (Phi) is 4.22. The van der Waals surface area contributed by atoms with Crippen LogP contribution in [0.1, 0.15) is 16.8 Å². The highest BCUT2D eigenvalue weighted by molar-refractivity contribution is 5.38.